The molecule has 0 amide bonds. The number of hydrogen-bond acceptors (Lipinski definition) is 5. The van der Waals surface area contributed by atoms with Crippen molar-refractivity contribution in [3.8, 4) is 0 Å². The van der Waals surface area contributed by atoms with Crippen molar-refractivity contribution >= 4 is 0 Å². The largest absolute Gasteiger partial charge is 0.388 e. The van der Waals surface area contributed by atoms with E-state index in [2.05, 4.69) is 19.1 Å². The van der Waals surface area contributed by atoms with E-state index in [4.69, 9.17) is 9.47 Å². The Balaban J connectivity index is 2.06. The van der Waals surface area contributed by atoms with Crippen molar-refractivity contribution in [2.24, 2.45) is 0 Å². The van der Waals surface area contributed by atoms with Gasteiger partial charge in [0, 0.05) is 6.61 Å². The third-order valence-electron chi connectivity index (χ3n) is 3.17. The molecule has 5 heteroatoms. The highest BCUT2D eigenvalue weighted by Crippen LogP contribution is 2.15. The van der Waals surface area contributed by atoms with Crippen molar-refractivity contribution in [1.29, 1.82) is 0 Å². The number of aliphatic hydroxyl groups excluding tert-OH is 3. The van der Waals surface area contributed by atoms with Crippen LogP contribution in [0.15, 0.2) is 12.2 Å². The average molecular weight is 274 g/mol. The molecule has 0 bridgehead atoms. The highest BCUT2D eigenvalue weighted by atomic mass is 16.6. The number of aliphatic hydroxyl groups is 3. The van der Waals surface area contributed by atoms with Gasteiger partial charge < -0.3 is 24.8 Å². The molecule has 0 aromatic carbocycles. The van der Waals surface area contributed by atoms with E-state index in [9.17, 15) is 15.3 Å². The molecular formula is C14H26O5. The van der Waals surface area contributed by atoms with Crippen LogP contribution in [0.25, 0.3) is 0 Å². The molecule has 0 aromatic rings. The first-order chi connectivity index (χ1) is 9.16. The van der Waals surface area contributed by atoms with Gasteiger partial charge in [0.1, 0.15) is 24.4 Å². The third kappa shape index (κ3) is 6.01. The quantitative estimate of drug-likeness (QED) is 0.447. The molecule has 1 heterocycles. The van der Waals surface area contributed by atoms with Gasteiger partial charge in [-0.2, -0.15) is 0 Å². The van der Waals surface area contributed by atoms with Gasteiger partial charge in [-0.3, -0.25) is 0 Å². The lowest BCUT2D eigenvalue weighted by Gasteiger charge is -2.35. The summed E-state index contributed by atoms with van der Waals surface area (Å²) in [7, 11) is 0. The molecule has 1 aliphatic heterocycles. The third-order valence-corrected chi connectivity index (χ3v) is 3.17. The van der Waals surface area contributed by atoms with E-state index in [-0.39, 0.29) is 13.2 Å². The van der Waals surface area contributed by atoms with Crippen LogP contribution in [-0.4, -0.2) is 59.6 Å². The van der Waals surface area contributed by atoms with Gasteiger partial charge >= 0.3 is 0 Å². The lowest BCUT2D eigenvalue weighted by molar-refractivity contribution is -0.199. The highest BCUT2D eigenvalue weighted by molar-refractivity contribution is 4.86. The van der Waals surface area contributed by atoms with Gasteiger partial charge in [0.05, 0.1) is 13.2 Å². The van der Waals surface area contributed by atoms with Crippen molar-refractivity contribution in [3.63, 3.8) is 0 Å². The second-order valence-corrected chi connectivity index (χ2v) is 4.90. The fraction of sp³-hybridized carbons (Fsp3) is 0.857. The molecule has 112 valence electrons. The number of unbranched alkanes of at least 4 members (excludes halogenated alkanes) is 2. The van der Waals surface area contributed by atoms with Gasteiger partial charge in [-0.25, -0.2) is 0 Å². The van der Waals surface area contributed by atoms with Crippen LogP contribution in [0, 0.1) is 0 Å². The average Bonchev–Trinajstić information content (AvgIpc) is 2.41. The SMILES string of the molecule is CCC/C=C/CCCOC[C@H]1OC[C@H](O)[C@@H](O)[C@@H]1O. The first kappa shape index (κ1) is 16.6. The first-order valence-electron chi connectivity index (χ1n) is 7.05. The minimum atomic E-state index is -1.15. The molecule has 19 heavy (non-hydrogen) atoms. The van der Waals surface area contributed by atoms with Crippen LogP contribution in [0.1, 0.15) is 32.6 Å². The zero-order valence-electron chi connectivity index (χ0n) is 11.6. The van der Waals surface area contributed by atoms with Crippen LogP contribution in [0.3, 0.4) is 0 Å². The van der Waals surface area contributed by atoms with E-state index in [1.165, 1.54) is 0 Å². The van der Waals surface area contributed by atoms with Crippen LogP contribution < -0.4 is 0 Å². The molecule has 0 unspecified atom stereocenters. The minimum absolute atomic E-state index is 0.0337. The minimum Gasteiger partial charge on any atom is -0.388 e. The van der Waals surface area contributed by atoms with Crippen LogP contribution in [0.4, 0.5) is 0 Å². The molecule has 0 spiro atoms. The first-order valence-corrected chi connectivity index (χ1v) is 7.05. The Labute approximate surface area is 114 Å². The second-order valence-electron chi connectivity index (χ2n) is 4.90. The second kappa shape index (κ2) is 9.44. The predicted octanol–water partition coefficient (Wildman–Crippen LogP) is 0.621. The maximum atomic E-state index is 9.68. The standard InChI is InChI=1S/C14H26O5/c1-2-3-4-5-6-7-8-18-10-12-14(17)13(16)11(15)9-19-12/h4-5,11-17H,2-3,6-10H2,1H3/b5-4+/t11-,12+,13+,14+/m0/s1. The van der Waals surface area contributed by atoms with E-state index < -0.39 is 24.4 Å². The molecule has 0 aliphatic carbocycles. The number of ether oxygens (including phenoxy) is 2. The summed E-state index contributed by atoms with van der Waals surface area (Å²) >= 11 is 0. The zero-order chi connectivity index (χ0) is 14.1. The lowest BCUT2D eigenvalue weighted by atomic mass is 10.0. The smallest absolute Gasteiger partial charge is 0.111 e. The summed E-state index contributed by atoms with van der Waals surface area (Å²) in [4.78, 5) is 0. The van der Waals surface area contributed by atoms with Gasteiger partial charge in [0.15, 0.2) is 0 Å². The summed E-state index contributed by atoms with van der Waals surface area (Å²) in [6, 6.07) is 0. The zero-order valence-corrected chi connectivity index (χ0v) is 11.6. The van der Waals surface area contributed by atoms with Gasteiger partial charge in [-0.1, -0.05) is 25.5 Å². The molecule has 3 N–H and O–H groups in total. The predicted molar refractivity (Wildman–Crippen MR) is 71.9 cm³/mol. The molecule has 1 rings (SSSR count). The Morgan fingerprint density at radius 3 is 2.63 bits per heavy atom. The van der Waals surface area contributed by atoms with Crippen molar-refractivity contribution in [2.45, 2.75) is 57.0 Å². The summed E-state index contributed by atoms with van der Waals surface area (Å²) in [6.07, 6.45) is 4.69. The van der Waals surface area contributed by atoms with Crippen molar-refractivity contribution < 1.29 is 24.8 Å². The molecule has 5 nitrogen and oxygen atoms in total. The lowest BCUT2D eigenvalue weighted by Crippen LogP contribution is -2.54. The monoisotopic (exact) mass is 274 g/mol. The van der Waals surface area contributed by atoms with Crippen LogP contribution >= 0.6 is 0 Å². The van der Waals surface area contributed by atoms with Crippen molar-refractivity contribution in [2.75, 3.05) is 19.8 Å². The normalized spacial score (nSPS) is 32.0. The molecule has 4 atom stereocenters. The molecule has 0 radical (unpaired) electrons. The molecule has 0 aromatic heterocycles. The molecule has 0 saturated carbocycles. The maximum Gasteiger partial charge on any atom is 0.111 e. The van der Waals surface area contributed by atoms with Crippen LogP contribution in [0.2, 0.25) is 0 Å². The van der Waals surface area contributed by atoms with Gasteiger partial charge in [-0.05, 0) is 19.3 Å². The van der Waals surface area contributed by atoms with E-state index in [0.29, 0.717) is 6.61 Å². The number of allylic oxidation sites excluding steroid dienone is 2. The van der Waals surface area contributed by atoms with Gasteiger partial charge in [0.2, 0.25) is 0 Å². The Morgan fingerprint density at radius 1 is 1.16 bits per heavy atom. The Bertz CT molecular complexity index is 256. The fourth-order valence-electron chi connectivity index (χ4n) is 1.92. The van der Waals surface area contributed by atoms with Crippen LogP contribution in [-0.2, 0) is 9.47 Å². The summed E-state index contributed by atoms with van der Waals surface area (Å²) < 4.78 is 10.7. The molecule has 1 fully saturated rings. The number of rotatable bonds is 8. The summed E-state index contributed by atoms with van der Waals surface area (Å²) in [6.45, 7) is 3.02. The molecular weight excluding hydrogens is 248 g/mol. The van der Waals surface area contributed by atoms with Gasteiger partial charge in [-0.15, -0.1) is 0 Å². The van der Waals surface area contributed by atoms with E-state index >= 15 is 0 Å². The van der Waals surface area contributed by atoms with Crippen molar-refractivity contribution in [1.82, 2.24) is 0 Å². The Morgan fingerprint density at radius 2 is 1.89 bits per heavy atom. The topological polar surface area (TPSA) is 79.2 Å². The highest BCUT2D eigenvalue weighted by Gasteiger charge is 2.37. The summed E-state index contributed by atoms with van der Waals surface area (Å²) in [5.74, 6) is 0. The van der Waals surface area contributed by atoms with E-state index in [0.717, 1.165) is 25.7 Å². The van der Waals surface area contributed by atoms with E-state index in [1.807, 2.05) is 0 Å². The maximum absolute atomic E-state index is 9.68. The van der Waals surface area contributed by atoms with Crippen molar-refractivity contribution in [3.05, 3.63) is 12.2 Å². The van der Waals surface area contributed by atoms with Gasteiger partial charge in [0.25, 0.3) is 0 Å². The fourth-order valence-corrected chi connectivity index (χ4v) is 1.92. The molecule has 1 saturated heterocycles. The molecule has 1 aliphatic rings. The van der Waals surface area contributed by atoms with Crippen LogP contribution in [0.5, 0.6) is 0 Å². The summed E-state index contributed by atoms with van der Waals surface area (Å²) in [5.41, 5.74) is 0. The summed E-state index contributed by atoms with van der Waals surface area (Å²) in [5, 5.41) is 28.5. The Hall–Kier alpha value is -0.460. The Kier molecular flexibility index (Phi) is 8.25. The number of hydrogen-bond donors (Lipinski definition) is 3. The van der Waals surface area contributed by atoms with E-state index in [1.54, 1.807) is 0 Å².